The molecule has 1 atom stereocenters. The van der Waals surface area contributed by atoms with Crippen molar-refractivity contribution < 1.29 is 4.79 Å². The Hall–Kier alpha value is -2.89. The molecular weight excluding hydrogens is 374 g/mol. The van der Waals surface area contributed by atoms with E-state index in [1.165, 1.54) is 18.4 Å². The van der Waals surface area contributed by atoms with Gasteiger partial charge >= 0.3 is 0 Å². The number of rotatable bonds is 5. The molecule has 4 heterocycles. The van der Waals surface area contributed by atoms with E-state index in [1.807, 2.05) is 23.5 Å². The monoisotopic (exact) mass is 403 g/mol. The van der Waals surface area contributed by atoms with Crippen LogP contribution in [0.2, 0.25) is 0 Å². The van der Waals surface area contributed by atoms with Crippen molar-refractivity contribution in [3.8, 4) is 0 Å². The molecule has 1 unspecified atom stereocenters. The van der Waals surface area contributed by atoms with Crippen LogP contribution in [0.4, 0.5) is 5.82 Å². The van der Waals surface area contributed by atoms with Gasteiger partial charge in [-0.25, -0.2) is 4.98 Å². The summed E-state index contributed by atoms with van der Waals surface area (Å²) in [5.74, 6) is 2.03. The SMILES string of the molecule is O=C(Cc1ccc(CC2CCN(c3cncc4nccn34)C2)cc1)N1CCCCC1. The number of benzene rings is 1. The summed E-state index contributed by atoms with van der Waals surface area (Å²) in [7, 11) is 0. The number of carbonyl (C=O) groups is 1. The molecule has 2 fully saturated rings. The Bertz CT molecular complexity index is 1010. The lowest BCUT2D eigenvalue weighted by atomic mass is 9.97. The maximum atomic E-state index is 12.5. The van der Waals surface area contributed by atoms with Gasteiger partial charge in [0.05, 0.1) is 18.8 Å². The van der Waals surface area contributed by atoms with Crippen molar-refractivity contribution in [2.24, 2.45) is 5.92 Å². The first-order valence-electron chi connectivity index (χ1n) is 11.1. The fourth-order valence-corrected chi connectivity index (χ4v) is 4.83. The van der Waals surface area contributed by atoms with Crippen LogP contribution >= 0.6 is 0 Å². The molecule has 0 bridgehead atoms. The van der Waals surface area contributed by atoms with Gasteiger partial charge in [0.15, 0.2) is 5.65 Å². The molecule has 0 spiro atoms. The van der Waals surface area contributed by atoms with Crippen LogP contribution in [0.1, 0.15) is 36.8 Å². The largest absolute Gasteiger partial charge is 0.356 e. The Morgan fingerprint density at radius 1 is 1.00 bits per heavy atom. The zero-order valence-corrected chi connectivity index (χ0v) is 17.4. The summed E-state index contributed by atoms with van der Waals surface area (Å²) < 4.78 is 2.11. The lowest BCUT2D eigenvalue weighted by Gasteiger charge is -2.26. The highest BCUT2D eigenvalue weighted by atomic mass is 16.2. The molecule has 5 rings (SSSR count). The molecule has 2 aliphatic heterocycles. The second kappa shape index (κ2) is 8.46. The molecule has 0 saturated carbocycles. The first kappa shape index (κ1) is 19.1. The maximum absolute atomic E-state index is 12.5. The van der Waals surface area contributed by atoms with Gasteiger partial charge in [-0.3, -0.25) is 14.2 Å². The van der Waals surface area contributed by atoms with Gasteiger partial charge in [0.1, 0.15) is 5.82 Å². The van der Waals surface area contributed by atoms with Crippen LogP contribution in [0.5, 0.6) is 0 Å². The van der Waals surface area contributed by atoms with E-state index >= 15 is 0 Å². The van der Waals surface area contributed by atoms with Crippen LogP contribution in [0.3, 0.4) is 0 Å². The summed E-state index contributed by atoms with van der Waals surface area (Å²) in [4.78, 5) is 25.6. The minimum atomic E-state index is 0.274. The minimum Gasteiger partial charge on any atom is -0.356 e. The van der Waals surface area contributed by atoms with Gasteiger partial charge in [-0.1, -0.05) is 24.3 Å². The zero-order chi connectivity index (χ0) is 20.3. The van der Waals surface area contributed by atoms with E-state index in [2.05, 4.69) is 43.5 Å². The quantitative estimate of drug-likeness (QED) is 0.656. The summed E-state index contributed by atoms with van der Waals surface area (Å²) in [5.41, 5.74) is 3.38. The number of hydrogen-bond donors (Lipinski definition) is 0. The van der Waals surface area contributed by atoms with Crippen LogP contribution < -0.4 is 4.90 Å². The van der Waals surface area contributed by atoms with Gasteiger partial charge in [0.25, 0.3) is 0 Å². The number of piperidine rings is 1. The van der Waals surface area contributed by atoms with Crippen molar-refractivity contribution >= 4 is 17.4 Å². The molecule has 1 amide bonds. The number of anilines is 1. The maximum Gasteiger partial charge on any atom is 0.226 e. The molecule has 6 nitrogen and oxygen atoms in total. The highest BCUT2D eigenvalue weighted by molar-refractivity contribution is 5.78. The van der Waals surface area contributed by atoms with Crippen LogP contribution in [0.25, 0.3) is 5.65 Å². The highest BCUT2D eigenvalue weighted by Crippen LogP contribution is 2.26. The predicted octanol–water partition coefficient (Wildman–Crippen LogP) is 3.35. The van der Waals surface area contributed by atoms with Crippen molar-refractivity contribution in [1.29, 1.82) is 0 Å². The van der Waals surface area contributed by atoms with Gasteiger partial charge in [-0.05, 0) is 49.1 Å². The summed E-state index contributed by atoms with van der Waals surface area (Å²) in [6.45, 7) is 3.94. The lowest BCUT2D eigenvalue weighted by Crippen LogP contribution is -2.36. The minimum absolute atomic E-state index is 0.274. The number of likely N-dealkylation sites (tertiary alicyclic amines) is 1. The molecule has 0 N–H and O–H groups in total. The van der Waals surface area contributed by atoms with Gasteiger partial charge in [-0.2, -0.15) is 0 Å². The number of nitrogens with zero attached hydrogens (tertiary/aromatic N) is 5. The highest BCUT2D eigenvalue weighted by Gasteiger charge is 2.24. The molecule has 2 aromatic heterocycles. The number of aromatic nitrogens is 3. The van der Waals surface area contributed by atoms with Gasteiger partial charge in [-0.15, -0.1) is 0 Å². The van der Waals surface area contributed by atoms with Crippen LogP contribution in [-0.2, 0) is 17.6 Å². The van der Waals surface area contributed by atoms with Crippen molar-refractivity contribution in [3.05, 3.63) is 60.2 Å². The second-order valence-corrected chi connectivity index (χ2v) is 8.66. The standard InChI is InChI=1S/C24H29N5O/c30-24(27-10-2-1-3-11-27)15-20-6-4-19(5-7-20)14-21-8-12-28(18-21)23-17-25-16-22-26-9-13-29(22)23/h4-7,9,13,16-17,21H,1-3,8,10-12,14-15,18H2. The van der Waals surface area contributed by atoms with E-state index in [0.29, 0.717) is 12.3 Å². The summed E-state index contributed by atoms with van der Waals surface area (Å²) in [6.07, 6.45) is 13.9. The first-order valence-corrected chi connectivity index (χ1v) is 11.1. The van der Waals surface area contributed by atoms with Crippen LogP contribution in [0, 0.1) is 5.92 Å². The molecular formula is C24H29N5O. The molecule has 0 radical (unpaired) electrons. The molecule has 2 aliphatic rings. The van der Waals surface area contributed by atoms with Crippen LogP contribution in [-0.4, -0.2) is 51.4 Å². The van der Waals surface area contributed by atoms with E-state index in [9.17, 15) is 4.79 Å². The Morgan fingerprint density at radius 2 is 1.80 bits per heavy atom. The summed E-state index contributed by atoms with van der Waals surface area (Å²) in [5, 5.41) is 0. The number of fused-ring (bicyclic) bond motifs is 1. The first-order chi connectivity index (χ1) is 14.8. The topological polar surface area (TPSA) is 53.7 Å². The average molecular weight is 404 g/mol. The van der Waals surface area contributed by atoms with Crippen LogP contribution in [0.15, 0.2) is 49.1 Å². The Labute approximate surface area is 177 Å². The lowest BCUT2D eigenvalue weighted by molar-refractivity contribution is -0.131. The number of hydrogen-bond acceptors (Lipinski definition) is 4. The van der Waals surface area contributed by atoms with Crippen molar-refractivity contribution in [2.45, 2.75) is 38.5 Å². The Kier molecular flexibility index (Phi) is 5.39. The van der Waals surface area contributed by atoms with E-state index in [-0.39, 0.29) is 5.91 Å². The van der Waals surface area contributed by atoms with E-state index in [4.69, 9.17) is 0 Å². The summed E-state index contributed by atoms with van der Waals surface area (Å²) in [6, 6.07) is 8.69. The normalized spacial score (nSPS) is 19.5. The van der Waals surface area contributed by atoms with Gasteiger partial charge in [0, 0.05) is 38.6 Å². The van der Waals surface area contributed by atoms with E-state index in [1.54, 1.807) is 6.20 Å². The average Bonchev–Trinajstić information content (AvgIpc) is 3.45. The smallest absolute Gasteiger partial charge is 0.226 e. The molecule has 2 saturated heterocycles. The van der Waals surface area contributed by atoms with Gasteiger partial charge in [0.2, 0.25) is 5.91 Å². The van der Waals surface area contributed by atoms with Crippen molar-refractivity contribution in [3.63, 3.8) is 0 Å². The zero-order valence-electron chi connectivity index (χ0n) is 17.4. The van der Waals surface area contributed by atoms with Crippen molar-refractivity contribution in [1.82, 2.24) is 19.3 Å². The predicted molar refractivity (Wildman–Crippen MR) is 118 cm³/mol. The fourth-order valence-electron chi connectivity index (χ4n) is 4.83. The number of imidazole rings is 1. The Morgan fingerprint density at radius 3 is 2.63 bits per heavy atom. The third-order valence-corrected chi connectivity index (χ3v) is 6.52. The molecule has 156 valence electrons. The summed E-state index contributed by atoms with van der Waals surface area (Å²) >= 11 is 0. The fraction of sp³-hybridized carbons (Fsp3) is 0.458. The molecule has 6 heteroatoms. The molecule has 30 heavy (non-hydrogen) atoms. The molecule has 3 aromatic rings. The van der Waals surface area contributed by atoms with E-state index < -0.39 is 0 Å². The Balaban J connectivity index is 1.17. The number of carbonyl (C=O) groups excluding carboxylic acids is 1. The van der Waals surface area contributed by atoms with Crippen molar-refractivity contribution in [2.75, 3.05) is 31.1 Å². The number of amides is 1. The second-order valence-electron chi connectivity index (χ2n) is 8.66. The van der Waals surface area contributed by atoms with Gasteiger partial charge < -0.3 is 9.80 Å². The van der Waals surface area contributed by atoms with E-state index in [0.717, 1.165) is 62.5 Å². The molecule has 0 aliphatic carbocycles. The third-order valence-electron chi connectivity index (χ3n) is 6.52. The molecule has 1 aromatic carbocycles. The third kappa shape index (κ3) is 4.04.